The van der Waals surface area contributed by atoms with E-state index in [0.29, 0.717) is 42.6 Å². The van der Waals surface area contributed by atoms with E-state index in [2.05, 4.69) is 18.8 Å². The lowest BCUT2D eigenvalue weighted by Gasteiger charge is -2.37. The molecular weight excluding hydrogens is 518 g/mol. The van der Waals surface area contributed by atoms with E-state index >= 15 is 0 Å². The van der Waals surface area contributed by atoms with E-state index in [1.54, 1.807) is 4.90 Å². The molecule has 0 unspecified atom stereocenters. The molecule has 0 amide bonds. The molecule has 1 saturated heterocycles. The van der Waals surface area contributed by atoms with Gasteiger partial charge in [0.05, 0.1) is 11.1 Å². The summed E-state index contributed by atoms with van der Waals surface area (Å²) in [6.07, 6.45) is -8.43. The van der Waals surface area contributed by atoms with E-state index in [-0.39, 0.29) is 11.2 Å². The molecule has 0 bridgehead atoms. The quantitative estimate of drug-likeness (QED) is 0.399. The molecule has 0 saturated carbocycles. The van der Waals surface area contributed by atoms with Crippen LogP contribution >= 0.6 is 0 Å². The van der Waals surface area contributed by atoms with Crippen LogP contribution in [-0.2, 0) is 6.18 Å². The van der Waals surface area contributed by atoms with Crippen LogP contribution in [0.4, 0.5) is 37.8 Å². The van der Waals surface area contributed by atoms with Gasteiger partial charge in [0, 0.05) is 36.6 Å². The van der Waals surface area contributed by atoms with Gasteiger partial charge in [-0.15, -0.1) is 0 Å². The Kier molecular flexibility index (Phi) is 6.83. The second kappa shape index (κ2) is 9.52. The number of alkyl halides is 6. The maximum absolute atomic E-state index is 14.4. The molecule has 3 heterocycles. The Balaban J connectivity index is 1.94. The number of carbonyl (C=O) groups is 1. The second-order valence-electron chi connectivity index (χ2n) is 9.95. The van der Waals surface area contributed by atoms with Crippen molar-refractivity contribution in [3.8, 4) is 0 Å². The predicted molar refractivity (Wildman–Crippen MR) is 128 cm³/mol. The molecule has 4 rings (SSSR count). The third kappa shape index (κ3) is 5.55. The first-order valence-corrected chi connectivity index (χ1v) is 11.6. The van der Waals surface area contributed by atoms with Crippen LogP contribution in [0, 0.1) is 5.41 Å². The van der Waals surface area contributed by atoms with Gasteiger partial charge in [-0.2, -0.15) is 26.3 Å². The Morgan fingerprint density at radius 2 is 1.71 bits per heavy atom. The summed E-state index contributed by atoms with van der Waals surface area (Å²) in [6.45, 7) is 5.02. The molecule has 1 aliphatic rings. The van der Waals surface area contributed by atoms with Crippen LogP contribution in [0.25, 0.3) is 5.65 Å². The largest absolute Gasteiger partial charge is 0.478 e. The van der Waals surface area contributed by atoms with Gasteiger partial charge in [-0.05, 0) is 36.5 Å². The van der Waals surface area contributed by atoms with Crippen molar-refractivity contribution >= 4 is 23.1 Å². The lowest BCUT2D eigenvalue weighted by Crippen LogP contribution is -2.38. The summed E-state index contributed by atoms with van der Waals surface area (Å²) >= 11 is 0. The van der Waals surface area contributed by atoms with Crippen molar-refractivity contribution < 1.29 is 36.2 Å². The number of hydrogen-bond donors (Lipinski definition) is 2. The van der Waals surface area contributed by atoms with Gasteiger partial charge in [-0.25, -0.2) is 9.78 Å². The van der Waals surface area contributed by atoms with Crippen molar-refractivity contribution in [2.75, 3.05) is 23.3 Å². The van der Waals surface area contributed by atoms with E-state index in [1.165, 1.54) is 12.1 Å². The first-order chi connectivity index (χ1) is 17.6. The highest BCUT2D eigenvalue weighted by molar-refractivity contribution is 5.94. The number of aromatic carboxylic acids is 1. The van der Waals surface area contributed by atoms with Crippen LogP contribution in [0.3, 0.4) is 0 Å². The van der Waals surface area contributed by atoms with E-state index in [1.807, 2.05) is 5.32 Å². The summed E-state index contributed by atoms with van der Waals surface area (Å²) < 4.78 is 84.8. The molecule has 0 aliphatic carbocycles. The van der Waals surface area contributed by atoms with Crippen LogP contribution in [0.1, 0.15) is 54.2 Å². The molecule has 1 fully saturated rings. The van der Waals surface area contributed by atoms with Crippen molar-refractivity contribution in [2.45, 2.75) is 45.1 Å². The highest BCUT2D eigenvalue weighted by Crippen LogP contribution is 2.41. The maximum Gasteiger partial charge on any atom is 0.417 e. The summed E-state index contributed by atoms with van der Waals surface area (Å²) in [4.78, 5) is 30.4. The van der Waals surface area contributed by atoms with Crippen LogP contribution in [0.15, 0.2) is 47.4 Å². The number of anilines is 2. The Morgan fingerprint density at radius 1 is 1.08 bits per heavy atom. The van der Waals surface area contributed by atoms with E-state index < -0.39 is 57.9 Å². The van der Waals surface area contributed by atoms with Crippen LogP contribution in [-0.4, -0.2) is 39.7 Å². The number of aromatic nitrogens is 2. The zero-order valence-corrected chi connectivity index (χ0v) is 20.3. The number of carboxylic acid groups (broad SMARTS) is 1. The number of halogens is 6. The SMILES string of the molecule is CC1(C)CCN(c2cc(=O)n3cc(C(F)(F)F)cc([C@H](Nc4ccccc4C(=O)O)C(F)(F)F)c3n2)CC1. The molecule has 1 atom stereocenters. The number of carboxylic acids is 1. The molecule has 0 radical (unpaired) electrons. The molecule has 38 heavy (non-hydrogen) atoms. The Hall–Kier alpha value is -3.77. The van der Waals surface area contributed by atoms with Crippen molar-refractivity contribution in [2.24, 2.45) is 5.41 Å². The number of hydrogen-bond acceptors (Lipinski definition) is 5. The molecule has 3 aromatic rings. The monoisotopic (exact) mass is 542 g/mol. The fraction of sp³-hybridized carbons (Fsp3) is 0.400. The fourth-order valence-electron chi connectivity index (χ4n) is 4.37. The predicted octanol–water partition coefficient (Wildman–Crippen LogP) is 5.75. The first-order valence-electron chi connectivity index (χ1n) is 11.6. The second-order valence-corrected chi connectivity index (χ2v) is 9.95. The zero-order chi connectivity index (χ0) is 28.0. The molecule has 204 valence electrons. The minimum absolute atomic E-state index is 0.0119. The molecule has 1 aromatic carbocycles. The van der Waals surface area contributed by atoms with Crippen LogP contribution in [0.2, 0.25) is 0 Å². The van der Waals surface area contributed by atoms with E-state index in [0.717, 1.165) is 18.2 Å². The molecular formula is C25H24F6N4O3. The molecule has 13 heteroatoms. The first kappa shape index (κ1) is 27.3. The highest BCUT2D eigenvalue weighted by atomic mass is 19.4. The highest BCUT2D eigenvalue weighted by Gasteiger charge is 2.44. The molecule has 7 nitrogen and oxygen atoms in total. The number of rotatable bonds is 5. The van der Waals surface area contributed by atoms with E-state index in [4.69, 9.17) is 0 Å². The molecule has 1 aliphatic heterocycles. The topological polar surface area (TPSA) is 86.9 Å². The lowest BCUT2D eigenvalue weighted by atomic mass is 9.83. The number of pyridine rings is 1. The van der Waals surface area contributed by atoms with Gasteiger partial charge in [0.25, 0.3) is 5.56 Å². The minimum atomic E-state index is -5.20. The third-order valence-electron chi connectivity index (χ3n) is 6.64. The number of piperidine rings is 1. The van der Waals surface area contributed by atoms with Gasteiger partial charge in [0.1, 0.15) is 11.5 Å². The average molecular weight is 542 g/mol. The van der Waals surface area contributed by atoms with Gasteiger partial charge in [0.15, 0.2) is 6.04 Å². The Bertz CT molecular complexity index is 1420. The molecule has 2 N–H and O–H groups in total. The smallest absolute Gasteiger partial charge is 0.417 e. The van der Waals surface area contributed by atoms with Crippen molar-refractivity contribution in [3.63, 3.8) is 0 Å². The third-order valence-corrected chi connectivity index (χ3v) is 6.64. The Labute approximate surface area is 212 Å². The van der Waals surface area contributed by atoms with Gasteiger partial charge < -0.3 is 15.3 Å². The summed E-state index contributed by atoms with van der Waals surface area (Å²) in [5.74, 6) is -1.48. The molecule has 2 aromatic heterocycles. The molecule has 0 spiro atoms. The van der Waals surface area contributed by atoms with Crippen molar-refractivity contribution in [1.29, 1.82) is 0 Å². The van der Waals surface area contributed by atoms with Crippen LogP contribution in [0.5, 0.6) is 0 Å². The van der Waals surface area contributed by atoms with Gasteiger partial charge >= 0.3 is 18.3 Å². The summed E-state index contributed by atoms with van der Waals surface area (Å²) in [6, 6.07) is 3.18. The number of fused-ring (bicyclic) bond motifs is 1. The van der Waals surface area contributed by atoms with Crippen LogP contribution < -0.4 is 15.8 Å². The van der Waals surface area contributed by atoms with Gasteiger partial charge in [0.2, 0.25) is 0 Å². The van der Waals surface area contributed by atoms with Gasteiger partial charge in [-0.3, -0.25) is 9.20 Å². The average Bonchev–Trinajstić information content (AvgIpc) is 2.81. The fourth-order valence-corrected chi connectivity index (χ4v) is 4.37. The Morgan fingerprint density at radius 3 is 2.29 bits per heavy atom. The standard InChI is InChI=1S/C25H24F6N4O3/c1-23(2)7-9-34(10-8-23)18-12-19(36)35-13-14(24(26,27)28)11-16(21(35)33-18)20(25(29,30)31)32-17-6-4-3-5-15(17)22(37)38/h3-6,11-13,20,32H,7-10H2,1-2H3,(H,37,38)/t20-/m0/s1. The normalized spacial score (nSPS) is 16.9. The lowest BCUT2D eigenvalue weighted by molar-refractivity contribution is -0.145. The summed E-state index contributed by atoms with van der Waals surface area (Å²) in [5, 5.41) is 11.4. The minimum Gasteiger partial charge on any atom is -0.478 e. The zero-order valence-electron chi connectivity index (χ0n) is 20.3. The number of benzene rings is 1. The van der Waals surface area contributed by atoms with Crippen molar-refractivity contribution in [1.82, 2.24) is 9.38 Å². The number of nitrogens with one attached hydrogen (secondary N) is 1. The maximum atomic E-state index is 14.4. The summed E-state index contributed by atoms with van der Waals surface area (Å²) in [7, 11) is 0. The van der Waals surface area contributed by atoms with Gasteiger partial charge in [-0.1, -0.05) is 26.0 Å². The van der Waals surface area contributed by atoms with E-state index in [9.17, 15) is 41.0 Å². The number of para-hydroxylation sites is 1. The summed E-state index contributed by atoms with van der Waals surface area (Å²) in [5.41, 5.74) is -5.02. The van der Waals surface area contributed by atoms with Crippen molar-refractivity contribution in [3.05, 3.63) is 69.6 Å². The number of nitrogens with zero attached hydrogens (tertiary/aromatic N) is 3.